The Kier molecular flexibility index (Phi) is 5.97. The molecule has 144 valence electrons. The van der Waals surface area contributed by atoms with Gasteiger partial charge in [-0.15, -0.1) is 0 Å². The van der Waals surface area contributed by atoms with E-state index in [0.29, 0.717) is 12.3 Å². The standard InChI is InChI=1S/C21H26N2O3S/c1-3-16(2)18-8-12-20(13-9-18)27(25,26)22-15-17-6-10-19(11-7-17)23-14-4-5-21(23)24/h6-13,16,22H,3-5,14-15H2,1-2H3. The van der Waals surface area contributed by atoms with Crippen LogP contribution in [0.5, 0.6) is 0 Å². The smallest absolute Gasteiger partial charge is 0.240 e. The third kappa shape index (κ3) is 4.57. The molecule has 0 saturated carbocycles. The van der Waals surface area contributed by atoms with Gasteiger partial charge in [0.05, 0.1) is 4.90 Å². The highest BCUT2D eigenvalue weighted by molar-refractivity contribution is 7.89. The first-order valence-electron chi connectivity index (χ1n) is 9.39. The van der Waals surface area contributed by atoms with Crippen LogP contribution < -0.4 is 9.62 Å². The second-order valence-electron chi connectivity index (χ2n) is 7.02. The van der Waals surface area contributed by atoms with Gasteiger partial charge < -0.3 is 4.90 Å². The summed E-state index contributed by atoms with van der Waals surface area (Å²) in [6.07, 6.45) is 2.50. The lowest BCUT2D eigenvalue weighted by Gasteiger charge is -2.16. The van der Waals surface area contributed by atoms with E-state index in [2.05, 4.69) is 18.6 Å². The minimum Gasteiger partial charge on any atom is -0.312 e. The van der Waals surface area contributed by atoms with E-state index in [9.17, 15) is 13.2 Å². The number of anilines is 1. The van der Waals surface area contributed by atoms with E-state index in [1.54, 1.807) is 17.0 Å². The molecule has 1 saturated heterocycles. The van der Waals surface area contributed by atoms with Crippen LogP contribution in [0, 0.1) is 0 Å². The summed E-state index contributed by atoms with van der Waals surface area (Å²) in [4.78, 5) is 13.8. The third-order valence-corrected chi connectivity index (χ3v) is 6.58. The molecule has 1 heterocycles. The molecule has 1 unspecified atom stereocenters. The fourth-order valence-corrected chi connectivity index (χ4v) is 4.21. The van der Waals surface area contributed by atoms with Crippen molar-refractivity contribution in [3.05, 3.63) is 59.7 Å². The number of carbonyl (C=O) groups is 1. The Morgan fingerprint density at radius 1 is 1.07 bits per heavy atom. The normalized spacial score (nSPS) is 15.9. The zero-order valence-electron chi connectivity index (χ0n) is 15.8. The van der Waals surface area contributed by atoms with E-state index in [1.807, 2.05) is 36.4 Å². The molecule has 1 aliphatic heterocycles. The predicted molar refractivity (Wildman–Crippen MR) is 107 cm³/mol. The molecule has 1 N–H and O–H groups in total. The SMILES string of the molecule is CCC(C)c1ccc(S(=O)(=O)NCc2ccc(N3CCCC3=O)cc2)cc1. The Labute approximate surface area is 161 Å². The van der Waals surface area contributed by atoms with Gasteiger partial charge in [0, 0.05) is 25.2 Å². The summed E-state index contributed by atoms with van der Waals surface area (Å²) in [7, 11) is -3.56. The highest BCUT2D eigenvalue weighted by Crippen LogP contribution is 2.22. The van der Waals surface area contributed by atoms with Gasteiger partial charge in [0.15, 0.2) is 0 Å². The van der Waals surface area contributed by atoms with Gasteiger partial charge in [0.1, 0.15) is 0 Å². The van der Waals surface area contributed by atoms with Gasteiger partial charge in [-0.05, 0) is 54.2 Å². The van der Waals surface area contributed by atoms with Crippen LogP contribution >= 0.6 is 0 Å². The van der Waals surface area contributed by atoms with Crippen LogP contribution in [0.3, 0.4) is 0 Å². The van der Waals surface area contributed by atoms with Crippen LogP contribution in [0.1, 0.15) is 50.2 Å². The summed E-state index contributed by atoms with van der Waals surface area (Å²) >= 11 is 0. The Bertz CT molecular complexity index is 890. The van der Waals surface area contributed by atoms with Crippen molar-refractivity contribution in [3.8, 4) is 0 Å². The van der Waals surface area contributed by atoms with Gasteiger partial charge in [-0.1, -0.05) is 38.1 Å². The molecular formula is C21H26N2O3S. The monoisotopic (exact) mass is 386 g/mol. The number of nitrogens with zero attached hydrogens (tertiary/aromatic N) is 1. The molecule has 2 aromatic rings. The third-order valence-electron chi connectivity index (χ3n) is 5.16. The molecule has 0 spiro atoms. The summed E-state index contributed by atoms with van der Waals surface area (Å²) in [5.41, 5.74) is 2.86. The molecule has 27 heavy (non-hydrogen) atoms. The van der Waals surface area contributed by atoms with Crippen LogP contribution in [0.25, 0.3) is 0 Å². The van der Waals surface area contributed by atoms with Crippen LogP contribution in [0.4, 0.5) is 5.69 Å². The van der Waals surface area contributed by atoms with Gasteiger partial charge in [-0.25, -0.2) is 13.1 Å². The lowest BCUT2D eigenvalue weighted by atomic mass is 9.99. The molecule has 0 aromatic heterocycles. The highest BCUT2D eigenvalue weighted by Gasteiger charge is 2.21. The lowest BCUT2D eigenvalue weighted by molar-refractivity contribution is -0.117. The van der Waals surface area contributed by atoms with Crippen LogP contribution in [0.15, 0.2) is 53.4 Å². The van der Waals surface area contributed by atoms with E-state index in [0.717, 1.165) is 36.2 Å². The first kappa shape index (κ1) is 19.6. The molecule has 2 aromatic carbocycles. The second-order valence-corrected chi connectivity index (χ2v) is 8.79. The molecule has 0 radical (unpaired) electrons. The maximum atomic E-state index is 12.5. The molecular weight excluding hydrogens is 360 g/mol. The Hall–Kier alpha value is -2.18. The van der Waals surface area contributed by atoms with Gasteiger partial charge in [0.25, 0.3) is 0 Å². The molecule has 1 fully saturated rings. The molecule has 3 rings (SSSR count). The van der Waals surface area contributed by atoms with E-state index in [4.69, 9.17) is 0 Å². The summed E-state index contributed by atoms with van der Waals surface area (Å²) < 4.78 is 27.7. The highest BCUT2D eigenvalue weighted by atomic mass is 32.2. The average molecular weight is 387 g/mol. The molecule has 1 aliphatic rings. The van der Waals surface area contributed by atoms with E-state index in [-0.39, 0.29) is 17.3 Å². The van der Waals surface area contributed by atoms with Crippen molar-refractivity contribution in [2.75, 3.05) is 11.4 Å². The first-order valence-corrected chi connectivity index (χ1v) is 10.9. The van der Waals surface area contributed by atoms with E-state index >= 15 is 0 Å². The molecule has 1 amide bonds. The van der Waals surface area contributed by atoms with E-state index < -0.39 is 10.0 Å². The quantitative estimate of drug-likeness (QED) is 0.787. The van der Waals surface area contributed by atoms with Crippen molar-refractivity contribution in [2.24, 2.45) is 0 Å². The zero-order chi connectivity index (χ0) is 19.4. The van der Waals surface area contributed by atoms with Crippen molar-refractivity contribution >= 4 is 21.6 Å². The zero-order valence-corrected chi connectivity index (χ0v) is 16.6. The van der Waals surface area contributed by atoms with Crippen LogP contribution in [0.2, 0.25) is 0 Å². The summed E-state index contributed by atoms with van der Waals surface area (Å²) in [6.45, 7) is 5.20. The number of hydrogen-bond acceptors (Lipinski definition) is 3. The summed E-state index contributed by atoms with van der Waals surface area (Å²) in [5.74, 6) is 0.556. The van der Waals surface area contributed by atoms with Gasteiger partial charge in [-0.2, -0.15) is 0 Å². The maximum absolute atomic E-state index is 12.5. The van der Waals surface area contributed by atoms with Gasteiger partial charge in [0.2, 0.25) is 15.9 Å². The van der Waals surface area contributed by atoms with Crippen molar-refractivity contribution in [2.45, 2.75) is 50.5 Å². The molecule has 0 aliphatic carbocycles. The Morgan fingerprint density at radius 2 is 1.74 bits per heavy atom. The number of hydrogen-bond donors (Lipinski definition) is 1. The summed E-state index contributed by atoms with van der Waals surface area (Å²) in [6, 6.07) is 14.5. The van der Waals surface area contributed by atoms with Crippen molar-refractivity contribution in [1.82, 2.24) is 4.72 Å². The molecule has 5 nitrogen and oxygen atoms in total. The molecule has 1 atom stereocenters. The van der Waals surface area contributed by atoms with Crippen molar-refractivity contribution < 1.29 is 13.2 Å². The maximum Gasteiger partial charge on any atom is 0.240 e. The Balaban J connectivity index is 1.64. The largest absolute Gasteiger partial charge is 0.312 e. The summed E-state index contributed by atoms with van der Waals surface area (Å²) in [5, 5.41) is 0. The fraction of sp³-hybridized carbons (Fsp3) is 0.381. The topological polar surface area (TPSA) is 66.5 Å². The number of benzene rings is 2. The van der Waals surface area contributed by atoms with Gasteiger partial charge in [-0.3, -0.25) is 4.79 Å². The predicted octanol–water partition coefficient (Wildman–Crippen LogP) is 3.81. The number of carbonyl (C=O) groups excluding carboxylic acids is 1. The Morgan fingerprint density at radius 3 is 2.30 bits per heavy atom. The second kappa shape index (κ2) is 8.23. The number of rotatable bonds is 7. The number of nitrogens with one attached hydrogen (secondary N) is 1. The lowest BCUT2D eigenvalue weighted by Crippen LogP contribution is -2.24. The average Bonchev–Trinajstić information content (AvgIpc) is 3.12. The number of sulfonamides is 1. The van der Waals surface area contributed by atoms with Crippen LogP contribution in [-0.4, -0.2) is 20.9 Å². The van der Waals surface area contributed by atoms with Crippen LogP contribution in [-0.2, 0) is 21.4 Å². The minimum absolute atomic E-state index is 0.143. The number of amides is 1. The minimum atomic E-state index is -3.56. The van der Waals surface area contributed by atoms with Crippen molar-refractivity contribution in [3.63, 3.8) is 0 Å². The first-order chi connectivity index (χ1) is 12.9. The van der Waals surface area contributed by atoms with Gasteiger partial charge >= 0.3 is 0 Å². The van der Waals surface area contributed by atoms with Crippen molar-refractivity contribution in [1.29, 1.82) is 0 Å². The molecule has 0 bridgehead atoms. The van der Waals surface area contributed by atoms with E-state index in [1.165, 1.54) is 0 Å². The molecule has 6 heteroatoms. The fourth-order valence-electron chi connectivity index (χ4n) is 3.19.